The fraction of sp³-hybridized carbons (Fsp3) is 0.917. The van der Waals surface area contributed by atoms with Crippen molar-refractivity contribution in [2.75, 3.05) is 33.7 Å². The van der Waals surface area contributed by atoms with Crippen molar-refractivity contribution in [2.24, 2.45) is 11.5 Å². The first kappa shape index (κ1) is 14.4. The van der Waals surface area contributed by atoms with Crippen molar-refractivity contribution in [3.63, 3.8) is 0 Å². The molecule has 1 fully saturated rings. The van der Waals surface area contributed by atoms with Crippen molar-refractivity contribution in [2.45, 2.75) is 37.8 Å². The van der Waals surface area contributed by atoms with Crippen molar-refractivity contribution in [1.29, 1.82) is 0 Å². The van der Waals surface area contributed by atoms with Gasteiger partial charge in [-0.1, -0.05) is 0 Å². The van der Waals surface area contributed by atoms with E-state index in [0.29, 0.717) is 12.5 Å². The molecule has 4 N–H and O–H groups in total. The fourth-order valence-electron chi connectivity index (χ4n) is 2.32. The highest BCUT2D eigenvalue weighted by atomic mass is 16.1. The summed E-state index contributed by atoms with van der Waals surface area (Å²) in [6.45, 7) is 4.74. The summed E-state index contributed by atoms with van der Waals surface area (Å²) in [5.41, 5.74) is 10.3. The second-order valence-corrected chi connectivity index (χ2v) is 5.63. The van der Waals surface area contributed by atoms with E-state index in [9.17, 15) is 4.79 Å². The number of rotatable bonds is 6. The fourth-order valence-corrected chi connectivity index (χ4v) is 2.32. The average Bonchev–Trinajstić information content (AvgIpc) is 2.61. The van der Waals surface area contributed by atoms with Crippen molar-refractivity contribution in [3.8, 4) is 0 Å². The summed E-state index contributed by atoms with van der Waals surface area (Å²) >= 11 is 0. The predicted molar refractivity (Wildman–Crippen MR) is 69.6 cm³/mol. The lowest BCUT2D eigenvalue weighted by molar-refractivity contribution is -0.122. The zero-order valence-corrected chi connectivity index (χ0v) is 11.3. The van der Waals surface area contributed by atoms with E-state index in [1.54, 1.807) is 6.92 Å². The van der Waals surface area contributed by atoms with Gasteiger partial charge in [-0.15, -0.1) is 0 Å². The molecule has 2 unspecified atom stereocenters. The number of likely N-dealkylation sites (N-methyl/N-ethyl adjacent to an activating group) is 1. The van der Waals surface area contributed by atoms with E-state index < -0.39 is 11.4 Å². The van der Waals surface area contributed by atoms with Gasteiger partial charge in [0.15, 0.2) is 0 Å². The first-order chi connectivity index (χ1) is 7.83. The molecule has 1 amide bonds. The molecule has 5 nitrogen and oxygen atoms in total. The Labute approximate surface area is 104 Å². The molecule has 0 bridgehead atoms. The van der Waals surface area contributed by atoms with Gasteiger partial charge in [-0.05, 0) is 46.8 Å². The highest BCUT2D eigenvalue weighted by Gasteiger charge is 2.30. The van der Waals surface area contributed by atoms with E-state index in [1.165, 1.54) is 12.8 Å². The number of amides is 1. The molecule has 5 heteroatoms. The Kier molecular flexibility index (Phi) is 4.91. The molecule has 0 aromatic carbocycles. The largest absolute Gasteiger partial charge is 0.368 e. The van der Waals surface area contributed by atoms with Crippen molar-refractivity contribution in [3.05, 3.63) is 0 Å². The standard InChI is InChI=1S/C12H26N4O/c1-12(14,11(13)17)6-8-16-7-4-5-10(16)9-15(2)3/h10H,4-9,14H2,1-3H3,(H2,13,17). The third-order valence-corrected chi connectivity index (χ3v) is 3.56. The Morgan fingerprint density at radius 2 is 2.18 bits per heavy atom. The minimum Gasteiger partial charge on any atom is -0.368 e. The highest BCUT2D eigenvalue weighted by Crippen LogP contribution is 2.19. The lowest BCUT2D eigenvalue weighted by atomic mass is 9.98. The molecule has 0 aromatic rings. The SMILES string of the molecule is CN(C)CC1CCCN1CCC(C)(N)C(N)=O. The van der Waals surface area contributed by atoms with Crippen LogP contribution >= 0.6 is 0 Å². The Morgan fingerprint density at radius 1 is 1.53 bits per heavy atom. The van der Waals surface area contributed by atoms with Crippen LogP contribution in [-0.4, -0.2) is 61.0 Å². The van der Waals surface area contributed by atoms with Crippen molar-refractivity contribution in [1.82, 2.24) is 9.80 Å². The number of nitrogens with zero attached hydrogens (tertiary/aromatic N) is 2. The minimum absolute atomic E-state index is 0.416. The quantitative estimate of drug-likeness (QED) is 0.665. The molecule has 0 aromatic heterocycles. The van der Waals surface area contributed by atoms with Crippen LogP contribution in [0.5, 0.6) is 0 Å². The van der Waals surface area contributed by atoms with E-state index >= 15 is 0 Å². The number of primary amides is 1. The predicted octanol–water partition coefficient (Wildman–Crippen LogP) is -0.395. The lowest BCUT2D eigenvalue weighted by Gasteiger charge is -2.30. The van der Waals surface area contributed by atoms with E-state index in [1.807, 2.05) is 0 Å². The Balaban J connectivity index is 2.43. The summed E-state index contributed by atoms with van der Waals surface area (Å²) in [7, 11) is 4.18. The van der Waals surface area contributed by atoms with Gasteiger partial charge in [0.1, 0.15) is 0 Å². The maximum atomic E-state index is 11.2. The number of carbonyl (C=O) groups excluding carboxylic acids is 1. The van der Waals surface area contributed by atoms with Crippen molar-refractivity contribution < 1.29 is 4.79 Å². The third kappa shape index (κ3) is 4.26. The number of nitrogens with two attached hydrogens (primary N) is 2. The summed E-state index contributed by atoms with van der Waals surface area (Å²) in [6, 6.07) is 0.591. The summed E-state index contributed by atoms with van der Waals surface area (Å²) in [6.07, 6.45) is 3.10. The van der Waals surface area contributed by atoms with Gasteiger partial charge >= 0.3 is 0 Å². The topological polar surface area (TPSA) is 75.6 Å². The molecule has 1 aliphatic heterocycles. The van der Waals surface area contributed by atoms with E-state index in [2.05, 4.69) is 23.9 Å². The molecule has 0 aliphatic carbocycles. The molecular weight excluding hydrogens is 216 g/mol. The van der Waals surface area contributed by atoms with Crippen LogP contribution in [0.15, 0.2) is 0 Å². The second kappa shape index (κ2) is 5.80. The van der Waals surface area contributed by atoms with Crippen LogP contribution in [0.4, 0.5) is 0 Å². The molecule has 0 spiro atoms. The molecule has 1 saturated heterocycles. The summed E-state index contributed by atoms with van der Waals surface area (Å²) in [5.74, 6) is -0.416. The number of hydrogen-bond donors (Lipinski definition) is 2. The van der Waals surface area contributed by atoms with E-state index in [0.717, 1.165) is 19.6 Å². The zero-order chi connectivity index (χ0) is 13.1. The second-order valence-electron chi connectivity index (χ2n) is 5.63. The first-order valence-electron chi connectivity index (χ1n) is 6.30. The third-order valence-electron chi connectivity index (χ3n) is 3.56. The van der Waals surface area contributed by atoms with Crippen LogP contribution in [0.1, 0.15) is 26.2 Å². The normalized spacial score (nSPS) is 25.1. The van der Waals surface area contributed by atoms with Crippen LogP contribution < -0.4 is 11.5 Å². The molecule has 0 radical (unpaired) electrons. The van der Waals surface area contributed by atoms with Crippen molar-refractivity contribution >= 4 is 5.91 Å². The van der Waals surface area contributed by atoms with Crippen LogP contribution in [0.3, 0.4) is 0 Å². The molecule has 100 valence electrons. The molecule has 17 heavy (non-hydrogen) atoms. The minimum atomic E-state index is -0.884. The number of carbonyl (C=O) groups is 1. The van der Waals surface area contributed by atoms with Crippen LogP contribution in [0, 0.1) is 0 Å². The van der Waals surface area contributed by atoms with Gasteiger partial charge in [-0.2, -0.15) is 0 Å². The summed E-state index contributed by atoms with van der Waals surface area (Å²) in [4.78, 5) is 15.8. The monoisotopic (exact) mass is 242 g/mol. The Morgan fingerprint density at radius 3 is 2.71 bits per heavy atom. The van der Waals surface area contributed by atoms with Crippen LogP contribution in [-0.2, 0) is 4.79 Å². The Bertz CT molecular complexity index is 265. The number of hydrogen-bond acceptors (Lipinski definition) is 4. The van der Waals surface area contributed by atoms with Gasteiger partial charge in [0.2, 0.25) is 5.91 Å². The van der Waals surface area contributed by atoms with Gasteiger partial charge in [-0.25, -0.2) is 0 Å². The van der Waals surface area contributed by atoms with E-state index in [4.69, 9.17) is 11.5 Å². The maximum absolute atomic E-state index is 11.2. The maximum Gasteiger partial charge on any atom is 0.237 e. The smallest absolute Gasteiger partial charge is 0.237 e. The first-order valence-corrected chi connectivity index (χ1v) is 6.30. The van der Waals surface area contributed by atoms with Crippen LogP contribution in [0.25, 0.3) is 0 Å². The van der Waals surface area contributed by atoms with Gasteiger partial charge < -0.3 is 16.4 Å². The van der Waals surface area contributed by atoms with Gasteiger partial charge in [0.05, 0.1) is 5.54 Å². The Hall–Kier alpha value is -0.650. The highest BCUT2D eigenvalue weighted by molar-refractivity contribution is 5.83. The molecule has 0 saturated carbocycles. The molecular formula is C12H26N4O. The lowest BCUT2D eigenvalue weighted by Crippen LogP contribution is -2.51. The molecule has 2 atom stereocenters. The summed E-state index contributed by atoms with van der Waals surface area (Å²) in [5, 5.41) is 0. The summed E-state index contributed by atoms with van der Waals surface area (Å²) < 4.78 is 0. The van der Waals surface area contributed by atoms with Crippen LogP contribution in [0.2, 0.25) is 0 Å². The zero-order valence-electron chi connectivity index (χ0n) is 11.3. The number of likely N-dealkylation sites (tertiary alicyclic amines) is 1. The molecule has 1 heterocycles. The van der Waals surface area contributed by atoms with Gasteiger partial charge in [0, 0.05) is 19.1 Å². The average molecular weight is 242 g/mol. The van der Waals surface area contributed by atoms with Gasteiger partial charge in [0.25, 0.3) is 0 Å². The van der Waals surface area contributed by atoms with E-state index in [-0.39, 0.29) is 0 Å². The van der Waals surface area contributed by atoms with Gasteiger partial charge in [-0.3, -0.25) is 9.69 Å². The molecule has 1 rings (SSSR count). The molecule has 1 aliphatic rings.